The van der Waals surface area contributed by atoms with Crippen LogP contribution in [-0.2, 0) is 4.74 Å². The van der Waals surface area contributed by atoms with Gasteiger partial charge in [-0.15, -0.1) is 0 Å². The summed E-state index contributed by atoms with van der Waals surface area (Å²) in [6.45, 7) is 5.54. The Morgan fingerprint density at radius 1 is 1.21 bits per heavy atom. The van der Waals surface area contributed by atoms with Gasteiger partial charge in [-0.05, 0) is 31.5 Å². The molecule has 1 aromatic rings. The molecule has 0 amide bonds. The minimum atomic E-state index is 0.621. The molecule has 1 aliphatic heterocycles. The number of hydrogen-bond acceptors (Lipinski definition) is 4. The maximum Gasteiger partial charge on any atom is 0.153 e. The first-order valence-electron chi connectivity index (χ1n) is 6.87. The van der Waals surface area contributed by atoms with Crippen LogP contribution in [0.3, 0.4) is 0 Å². The summed E-state index contributed by atoms with van der Waals surface area (Å²) in [5.41, 5.74) is 0.621. The zero-order valence-corrected chi connectivity index (χ0v) is 11.2. The van der Waals surface area contributed by atoms with Gasteiger partial charge in [0.2, 0.25) is 0 Å². The summed E-state index contributed by atoms with van der Waals surface area (Å²) in [7, 11) is 0. The number of unbranched alkanes of at least 4 members (excludes halogenated alkanes) is 1. The Hall–Kier alpha value is -1.39. The summed E-state index contributed by atoms with van der Waals surface area (Å²) in [5, 5.41) is 0. The van der Waals surface area contributed by atoms with Gasteiger partial charge >= 0.3 is 0 Å². The maximum atomic E-state index is 10.8. The van der Waals surface area contributed by atoms with Crippen molar-refractivity contribution in [1.29, 1.82) is 0 Å². The Balaban J connectivity index is 1.62. The number of morpholine rings is 1. The molecule has 1 saturated heterocycles. The lowest BCUT2D eigenvalue weighted by Crippen LogP contribution is -2.36. The summed E-state index contributed by atoms with van der Waals surface area (Å²) in [5.74, 6) is 0.684. The van der Waals surface area contributed by atoms with E-state index >= 15 is 0 Å². The molecule has 19 heavy (non-hydrogen) atoms. The van der Waals surface area contributed by atoms with Crippen molar-refractivity contribution in [3.8, 4) is 5.75 Å². The van der Waals surface area contributed by atoms with Crippen LogP contribution in [0.25, 0.3) is 0 Å². The Labute approximate surface area is 114 Å². The van der Waals surface area contributed by atoms with Crippen molar-refractivity contribution in [2.75, 3.05) is 39.5 Å². The van der Waals surface area contributed by atoms with E-state index in [4.69, 9.17) is 9.47 Å². The zero-order valence-electron chi connectivity index (χ0n) is 11.2. The lowest BCUT2D eigenvalue weighted by molar-refractivity contribution is 0.0368. The topological polar surface area (TPSA) is 38.8 Å². The number of ether oxygens (including phenoxy) is 2. The normalized spacial score (nSPS) is 16.2. The Morgan fingerprint density at radius 2 is 2.00 bits per heavy atom. The summed E-state index contributed by atoms with van der Waals surface area (Å²) in [6.07, 6.45) is 2.96. The van der Waals surface area contributed by atoms with E-state index in [-0.39, 0.29) is 0 Å². The van der Waals surface area contributed by atoms with Gasteiger partial charge in [0.05, 0.1) is 25.4 Å². The van der Waals surface area contributed by atoms with E-state index in [1.807, 2.05) is 18.2 Å². The van der Waals surface area contributed by atoms with Gasteiger partial charge in [0.25, 0.3) is 0 Å². The average molecular weight is 263 g/mol. The second-order valence-electron chi connectivity index (χ2n) is 4.67. The second kappa shape index (κ2) is 7.92. The number of para-hydroxylation sites is 1. The highest BCUT2D eigenvalue weighted by atomic mass is 16.5. The smallest absolute Gasteiger partial charge is 0.153 e. The van der Waals surface area contributed by atoms with Crippen LogP contribution in [0, 0.1) is 0 Å². The zero-order chi connectivity index (χ0) is 13.3. The molecule has 2 rings (SSSR count). The van der Waals surface area contributed by atoms with Crippen LogP contribution in [0.5, 0.6) is 5.75 Å². The highest BCUT2D eigenvalue weighted by Crippen LogP contribution is 2.15. The standard InChI is InChI=1S/C15H21NO3/c17-13-14-5-1-2-6-15(14)19-10-4-3-7-16-8-11-18-12-9-16/h1-2,5-6,13H,3-4,7-12H2. The van der Waals surface area contributed by atoms with Gasteiger partial charge in [0.1, 0.15) is 5.75 Å². The highest BCUT2D eigenvalue weighted by Gasteiger charge is 2.09. The minimum absolute atomic E-state index is 0.621. The van der Waals surface area contributed by atoms with E-state index in [9.17, 15) is 4.79 Å². The lowest BCUT2D eigenvalue weighted by Gasteiger charge is -2.26. The third-order valence-corrected chi connectivity index (χ3v) is 3.28. The molecule has 0 unspecified atom stereocenters. The van der Waals surface area contributed by atoms with Gasteiger partial charge in [-0.3, -0.25) is 9.69 Å². The van der Waals surface area contributed by atoms with Gasteiger partial charge in [-0.2, -0.15) is 0 Å². The lowest BCUT2D eigenvalue weighted by atomic mass is 10.2. The van der Waals surface area contributed by atoms with Gasteiger partial charge < -0.3 is 9.47 Å². The number of nitrogens with zero attached hydrogens (tertiary/aromatic N) is 1. The number of aldehydes is 1. The fourth-order valence-corrected chi connectivity index (χ4v) is 2.15. The first kappa shape index (κ1) is 14.0. The van der Waals surface area contributed by atoms with Crippen molar-refractivity contribution in [1.82, 2.24) is 4.90 Å². The average Bonchev–Trinajstić information content (AvgIpc) is 2.48. The minimum Gasteiger partial charge on any atom is -0.493 e. The summed E-state index contributed by atoms with van der Waals surface area (Å²) in [6, 6.07) is 7.34. The highest BCUT2D eigenvalue weighted by molar-refractivity contribution is 5.79. The number of carbonyl (C=O) groups is 1. The van der Waals surface area contributed by atoms with Crippen molar-refractivity contribution in [3.05, 3.63) is 29.8 Å². The number of hydrogen-bond donors (Lipinski definition) is 0. The van der Waals surface area contributed by atoms with Crippen LogP contribution in [0.4, 0.5) is 0 Å². The van der Waals surface area contributed by atoms with E-state index in [1.54, 1.807) is 6.07 Å². The van der Waals surface area contributed by atoms with Crippen molar-refractivity contribution in [2.45, 2.75) is 12.8 Å². The SMILES string of the molecule is O=Cc1ccccc1OCCCCN1CCOCC1. The molecule has 0 spiro atoms. The molecule has 104 valence electrons. The van der Waals surface area contributed by atoms with Crippen LogP contribution >= 0.6 is 0 Å². The van der Waals surface area contributed by atoms with Crippen LogP contribution in [-0.4, -0.2) is 50.6 Å². The molecule has 4 heteroatoms. The van der Waals surface area contributed by atoms with Crippen molar-refractivity contribution in [2.24, 2.45) is 0 Å². The molecule has 4 nitrogen and oxygen atoms in total. The molecule has 0 aliphatic carbocycles. The van der Waals surface area contributed by atoms with E-state index in [1.165, 1.54) is 0 Å². The van der Waals surface area contributed by atoms with Crippen molar-refractivity contribution < 1.29 is 14.3 Å². The molecule has 0 atom stereocenters. The van der Waals surface area contributed by atoms with Crippen LogP contribution in [0.1, 0.15) is 23.2 Å². The molecule has 0 radical (unpaired) electrons. The van der Waals surface area contributed by atoms with Gasteiger partial charge in [-0.25, -0.2) is 0 Å². The molecule has 0 N–H and O–H groups in total. The van der Waals surface area contributed by atoms with E-state index < -0.39 is 0 Å². The van der Waals surface area contributed by atoms with Crippen molar-refractivity contribution >= 4 is 6.29 Å². The molecule has 1 aromatic carbocycles. The molecule has 1 aliphatic rings. The third kappa shape index (κ3) is 4.65. The molecule has 0 saturated carbocycles. The fourth-order valence-electron chi connectivity index (χ4n) is 2.15. The number of carbonyl (C=O) groups excluding carboxylic acids is 1. The Kier molecular flexibility index (Phi) is 5.85. The predicted molar refractivity (Wildman–Crippen MR) is 73.8 cm³/mol. The van der Waals surface area contributed by atoms with Gasteiger partial charge in [-0.1, -0.05) is 12.1 Å². The summed E-state index contributed by atoms with van der Waals surface area (Å²) in [4.78, 5) is 13.2. The van der Waals surface area contributed by atoms with E-state index in [2.05, 4.69) is 4.90 Å². The largest absolute Gasteiger partial charge is 0.493 e. The van der Waals surface area contributed by atoms with Crippen LogP contribution < -0.4 is 4.74 Å². The van der Waals surface area contributed by atoms with Crippen molar-refractivity contribution in [3.63, 3.8) is 0 Å². The van der Waals surface area contributed by atoms with E-state index in [0.717, 1.165) is 52.0 Å². The van der Waals surface area contributed by atoms with Gasteiger partial charge in [0, 0.05) is 13.1 Å². The first-order chi connectivity index (χ1) is 9.40. The summed E-state index contributed by atoms with van der Waals surface area (Å²) < 4.78 is 11.0. The second-order valence-corrected chi connectivity index (χ2v) is 4.67. The first-order valence-corrected chi connectivity index (χ1v) is 6.87. The molecule has 0 aromatic heterocycles. The monoisotopic (exact) mass is 263 g/mol. The molecular formula is C15H21NO3. The molecule has 1 fully saturated rings. The predicted octanol–water partition coefficient (Wildman–Crippen LogP) is 1.99. The molecular weight excluding hydrogens is 242 g/mol. The van der Waals surface area contributed by atoms with Crippen LogP contribution in [0.2, 0.25) is 0 Å². The molecule has 0 bridgehead atoms. The summed E-state index contributed by atoms with van der Waals surface area (Å²) >= 11 is 0. The third-order valence-electron chi connectivity index (χ3n) is 3.28. The number of rotatable bonds is 7. The maximum absolute atomic E-state index is 10.8. The Bertz CT molecular complexity index is 389. The van der Waals surface area contributed by atoms with Gasteiger partial charge in [0.15, 0.2) is 6.29 Å². The van der Waals surface area contributed by atoms with Crippen LogP contribution in [0.15, 0.2) is 24.3 Å². The fraction of sp³-hybridized carbons (Fsp3) is 0.533. The quantitative estimate of drug-likeness (QED) is 0.557. The molecule has 1 heterocycles. The van der Waals surface area contributed by atoms with E-state index in [0.29, 0.717) is 17.9 Å². The number of benzene rings is 1. The Morgan fingerprint density at radius 3 is 2.79 bits per heavy atom.